The van der Waals surface area contributed by atoms with Crippen LogP contribution in [0.5, 0.6) is 0 Å². The lowest BCUT2D eigenvalue weighted by Crippen LogP contribution is -2.31. The maximum absolute atomic E-state index is 11.7. The molecule has 7 nitrogen and oxygen atoms in total. The zero-order chi connectivity index (χ0) is 17.3. The topological polar surface area (TPSA) is 92.0 Å². The number of allylic oxidation sites excluding steroid dienone is 2. The van der Waals surface area contributed by atoms with Crippen LogP contribution in [0.15, 0.2) is 12.2 Å². The van der Waals surface area contributed by atoms with Gasteiger partial charge in [-0.1, -0.05) is 12.2 Å². The number of ether oxygens (including phenoxy) is 4. The van der Waals surface area contributed by atoms with Crippen molar-refractivity contribution in [3.05, 3.63) is 12.2 Å². The number of amides is 1. The molecular weight excluding hydrogens is 312 g/mol. The van der Waals surface area contributed by atoms with Crippen molar-refractivity contribution in [1.82, 2.24) is 5.32 Å². The largest absolute Gasteiger partial charge is 0.446 e. The molecule has 140 valence electrons. The first-order valence-corrected chi connectivity index (χ1v) is 8.85. The molecule has 0 fully saturated rings. The highest BCUT2D eigenvalue weighted by molar-refractivity contribution is 5.67. The van der Waals surface area contributed by atoms with Crippen LogP contribution in [0.4, 0.5) is 4.79 Å². The molecule has 0 spiro atoms. The average Bonchev–Trinajstić information content (AvgIpc) is 2.55. The molecule has 0 saturated carbocycles. The van der Waals surface area contributed by atoms with Crippen LogP contribution < -0.4 is 11.1 Å². The molecule has 1 aliphatic rings. The monoisotopic (exact) mass is 344 g/mol. The Morgan fingerprint density at radius 2 is 1.62 bits per heavy atom. The molecule has 1 atom stereocenters. The van der Waals surface area contributed by atoms with Crippen LogP contribution in [-0.2, 0) is 18.9 Å². The summed E-state index contributed by atoms with van der Waals surface area (Å²) in [7, 11) is 0. The number of nitrogens with one attached hydrogen (secondary N) is 1. The molecule has 0 aliphatic heterocycles. The first-order valence-electron chi connectivity index (χ1n) is 8.85. The zero-order valence-corrected chi connectivity index (χ0v) is 14.5. The van der Waals surface area contributed by atoms with Crippen molar-refractivity contribution in [3.8, 4) is 0 Å². The Bertz CT molecular complexity index is 339. The van der Waals surface area contributed by atoms with E-state index in [-0.39, 0.29) is 12.2 Å². The van der Waals surface area contributed by atoms with Crippen molar-refractivity contribution in [2.24, 2.45) is 5.73 Å². The van der Waals surface area contributed by atoms with E-state index in [4.69, 9.17) is 24.7 Å². The first-order chi connectivity index (χ1) is 11.8. The lowest BCUT2D eigenvalue weighted by atomic mass is 10.0. The predicted molar refractivity (Wildman–Crippen MR) is 92.0 cm³/mol. The number of rotatable bonds is 12. The molecule has 0 saturated heterocycles. The van der Waals surface area contributed by atoms with Gasteiger partial charge in [0, 0.05) is 13.1 Å². The van der Waals surface area contributed by atoms with Gasteiger partial charge in [0.1, 0.15) is 6.10 Å². The number of alkyl carbamates (subject to hydrolysis) is 1. The maximum Gasteiger partial charge on any atom is 0.407 e. The summed E-state index contributed by atoms with van der Waals surface area (Å²) >= 11 is 0. The van der Waals surface area contributed by atoms with Crippen LogP contribution in [0.3, 0.4) is 0 Å². The summed E-state index contributed by atoms with van der Waals surface area (Å²) in [6, 6.07) is 0. The molecule has 1 aliphatic carbocycles. The summed E-state index contributed by atoms with van der Waals surface area (Å²) in [5, 5.41) is 2.71. The Hall–Kier alpha value is -1.15. The van der Waals surface area contributed by atoms with Crippen LogP contribution in [0.25, 0.3) is 0 Å². The minimum absolute atomic E-state index is 0.0192. The second-order valence-corrected chi connectivity index (χ2v) is 5.56. The van der Waals surface area contributed by atoms with Crippen molar-refractivity contribution in [1.29, 1.82) is 0 Å². The van der Waals surface area contributed by atoms with Gasteiger partial charge in [0.15, 0.2) is 0 Å². The molecule has 0 aromatic rings. The third kappa shape index (κ3) is 12.3. The standard InChI is InChI=1S/C17H32N2O5/c18-8-10-21-12-14-23-15-13-22-11-9-19-17(20)24-16-6-4-2-1-3-5-7-16/h1-2,16H,3-15,18H2,(H,19,20)/b2-1+. The zero-order valence-electron chi connectivity index (χ0n) is 14.5. The highest BCUT2D eigenvalue weighted by Gasteiger charge is 2.14. The normalized spacial score (nSPS) is 19.3. The van der Waals surface area contributed by atoms with E-state index in [1.807, 2.05) is 0 Å². The van der Waals surface area contributed by atoms with Gasteiger partial charge in [-0.3, -0.25) is 0 Å². The second-order valence-electron chi connectivity index (χ2n) is 5.56. The summed E-state index contributed by atoms with van der Waals surface area (Å²) in [6.45, 7) is 4.02. The second kappa shape index (κ2) is 15.4. The van der Waals surface area contributed by atoms with Gasteiger partial charge in [-0.2, -0.15) is 0 Å². The first kappa shape index (κ1) is 20.9. The Balaban J connectivity index is 1.88. The van der Waals surface area contributed by atoms with E-state index in [1.54, 1.807) is 0 Å². The smallest absolute Gasteiger partial charge is 0.407 e. The van der Waals surface area contributed by atoms with Crippen molar-refractivity contribution >= 4 is 6.09 Å². The van der Waals surface area contributed by atoms with Gasteiger partial charge < -0.3 is 30.0 Å². The van der Waals surface area contributed by atoms with Gasteiger partial charge in [0.05, 0.1) is 39.6 Å². The fourth-order valence-corrected chi connectivity index (χ4v) is 2.29. The van der Waals surface area contributed by atoms with E-state index in [0.717, 1.165) is 32.1 Å². The third-order valence-electron chi connectivity index (χ3n) is 3.51. The number of hydrogen-bond acceptors (Lipinski definition) is 6. The molecule has 0 aromatic heterocycles. The van der Waals surface area contributed by atoms with E-state index < -0.39 is 0 Å². The minimum atomic E-state index is -0.360. The van der Waals surface area contributed by atoms with Gasteiger partial charge >= 0.3 is 6.09 Å². The molecule has 1 amide bonds. The summed E-state index contributed by atoms with van der Waals surface area (Å²) in [4.78, 5) is 11.7. The van der Waals surface area contributed by atoms with E-state index in [2.05, 4.69) is 17.5 Å². The van der Waals surface area contributed by atoms with Crippen LogP contribution in [-0.4, -0.2) is 64.9 Å². The molecule has 3 N–H and O–H groups in total. The lowest BCUT2D eigenvalue weighted by Gasteiger charge is -2.18. The van der Waals surface area contributed by atoms with Gasteiger partial charge in [0.25, 0.3) is 0 Å². The number of carbonyl (C=O) groups is 1. The molecule has 0 radical (unpaired) electrons. The molecule has 24 heavy (non-hydrogen) atoms. The maximum atomic E-state index is 11.7. The Kier molecular flexibility index (Phi) is 13.4. The highest BCUT2D eigenvalue weighted by Crippen LogP contribution is 2.15. The number of carbonyl (C=O) groups excluding carboxylic acids is 1. The van der Waals surface area contributed by atoms with Crippen LogP contribution >= 0.6 is 0 Å². The van der Waals surface area contributed by atoms with Gasteiger partial charge in [0.2, 0.25) is 0 Å². The Morgan fingerprint density at radius 1 is 0.958 bits per heavy atom. The van der Waals surface area contributed by atoms with Crippen LogP contribution in [0.2, 0.25) is 0 Å². The summed E-state index contributed by atoms with van der Waals surface area (Å²) in [5.41, 5.74) is 5.30. The molecule has 1 rings (SSSR count). The van der Waals surface area contributed by atoms with Crippen LogP contribution in [0, 0.1) is 0 Å². The molecule has 1 unspecified atom stereocenters. The van der Waals surface area contributed by atoms with E-state index >= 15 is 0 Å². The van der Waals surface area contributed by atoms with Crippen molar-refractivity contribution in [2.75, 3.05) is 52.7 Å². The predicted octanol–water partition coefficient (Wildman–Crippen LogP) is 1.61. The van der Waals surface area contributed by atoms with Crippen molar-refractivity contribution < 1.29 is 23.7 Å². The minimum Gasteiger partial charge on any atom is -0.446 e. The molecular formula is C17H32N2O5. The van der Waals surface area contributed by atoms with Gasteiger partial charge in [-0.05, 0) is 32.1 Å². The average molecular weight is 344 g/mol. The summed E-state index contributed by atoms with van der Waals surface area (Å²) in [5.74, 6) is 0. The quantitative estimate of drug-likeness (QED) is 0.413. The molecule has 7 heteroatoms. The van der Waals surface area contributed by atoms with Crippen molar-refractivity contribution in [2.45, 2.75) is 38.2 Å². The number of hydrogen-bond donors (Lipinski definition) is 2. The molecule has 0 heterocycles. The number of nitrogens with two attached hydrogens (primary N) is 1. The van der Waals surface area contributed by atoms with Gasteiger partial charge in [-0.25, -0.2) is 4.79 Å². The SMILES string of the molecule is NCCOCCOCCOCCNC(=O)OC1CC/C=C/CCC1. The summed E-state index contributed by atoms with van der Waals surface area (Å²) < 4.78 is 21.3. The van der Waals surface area contributed by atoms with E-state index in [0.29, 0.717) is 52.7 Å². The summed E-state index contributed by atoms with van der Waals surface area (Å²) in [6.07, 6.45) is 8.95. The van der Waals surface area contributed by atoms with Gasteiger partial charge in [-0.15, -0.1) is 0 Å². The molecule has 0 bridgehead atoms. The fourth-order valence-electron chi connectivity index (χ4n) is 2.29. The van der Waals surface area contributed by atoms with E-state index in [1.165, 1.54) is 0 Å². The molecule has 0 aromatic carbocycles. The lowest BCUT2D eigenvalue weighted by molar-refractivity contribution is 0.0161. The van der Waals surface area contributed by atoms with E-state index in [9.17, 15) is 4.79 Å². The highest BCUT2D eigenvalue weighted by atomic mass is 16.6. The Labute approximate surface area is 144 Å². The van der Waals surface area contributed by atoms with Crippen LogP contribution in [0.1, 0.15) is 32.1 Å². The van der Waals surface area contributed by atoms with Crippen molar-refractivity contribution in [3.63, 3.8) is 0 Å². The third-order valence-corrected chi connectivity index (χ3v) is 3.51. The Morgan fingerprint density at radius 3 is 2.38 bits per heavy atom. The fraction of sp³-hybridized carbons (Fsp3) is 0.824.